The lowest BCUT2D eigenvalue weighted by Crippen LogP contribution is -2.36. The van der Waals surface area contributed by atoms with Crippen molar-refractivity contribution in [1.29, 1.82) is 0 Å². The maximum absolute atomic E-state index is 13.4. The Labute approximate surface area is 234 Å². The summed E-state index contributed by atoms with van der Waals surface area (Å²) in [5, 5.41) is 4.36. The van der Waals surface area contributed by atoms with Gasteiger partial charge in [-0.3, -0.25) is 0 Å². The molecule has 10 nitrogen and oxygen atoms in total. The minimum atomic E-state index is -3.73. The molecule has 1 fully saturated rings. The summed E-state index contributed by atoms with van der Waals surface area (Å²) in [7, 11) is -0.635. The molecule has 1 aliphatic rings. The number of rotatable bonds is 13. The molecule has 0 amide bonds. The molecule has 0 spiro atoms. The molecule has 40 heavy (non-hydrogen) atoms. The molecular formula is C29H35N5O5S. The van der Waals surface area contributed by atoms with Crippen molar-refractivity contribution in [2.45, 2.75) is 23.8 Å². The van der Waals surface area contributed by atoms with Gasteiger partial charge in [-0.25, -0.2) is 18.4 Å². The summed E-state index contributed by atoms with van der Waals surface area (Å²) < 4.78 is 44.3. The second-order valence-electron chi connectivity index (χ2n) is 9.62. The minimum Gasteiger partial charge on any atom is -0.383 e. The lowest BCUT2D eigenvalue weighted by atomic mass is 9.99. The van der Waals surface area contributed by atoms with Crippen molar-refractivity contribution in [2.75, 3.05) is 59.0 Å². The van der Waals surface area contributed by atoms with Crippen molar-refractivity contribution in [3.05, 3.63) is 60.9 Å². The minimum absolute atomic E-state index is 0.158. The molecule has 1 aliphatic heterocycles. The van der Waals surface area contributed by atoms with Gasteiger partial charge in [-0.1, -0.05) is 42.5 Å². The fraction of sp³-hybridized carbons (Fsp3) is 0.379. The van der Waals surface area contributed by atoms with Crippen LogP contribution in [-0.2, 0) is 24.2 Å². The highest BCUT2D eigenvalue weighted by molar-refractivity contribution is 7.89. The summed E-state index contributed by atoms with van der Waals surface area (Å²) in [6, 6.07) is 17.0. The van der Waals surface area contributed by atoms with Crippen LogP contribution >= 0.6 is 0 Å². The van der Waals surface area contributed by atoms with Crippen LogP contribution in [0.25, 0.3) is 33.4 Å². The summed E-state index contributed by atoms with van der Waals surface area (Å²) in [6.45, 7) is 2.52. The van der Waals surface area contributed by atoms with Crippen LogP contribution in [0.15, 0.2) is 65.8 Å². The van der Waals surface area contributed by atoms with Crippen molar-refractivity contribution in [3.63, 3.8) is 0 Å². The van der Waals surface area contributed by atoms with E-state index < -0.39 is 10.0 Å². The predicted octanol–water partition coefficient (Wildman–Crippen LogP) is 4.17. The molecule has 2 aromatic heterocycles. The molecule has 0 radical (unpaired) electrons. The topological polar surface area (TPSA) is 119 Å². The first-order valence-corrected chi connectivity index (χ1v) is 14.8. The van der Waals surface area contributed by atoms with Gasteiger partial charge in [0.15, 0.2) is 0 Å². The molecule has 3 heterocycles. The van der Waals surface area contributed by atoms with Gasteiger partial charge in [-0.2, -0.15) is 4.31 Å². The average molecular weight is 566 g/mol. The van der Waals surface area contributed by atoms with Crippen LogP contribution in [0.4, 0.5) is 5.82 Å². The van der Waals surface area contributed by atoms with E-state index in [9.17, 15) is 8.42 Å². The van der Waals surface area contributed by atoms with E-state index in [1.165, 1.54) is 4.31 Å². The highest BCUT2D eigenvalue weighted by Crippen LogP contribution is 2.40. The molecule has 0 bridgehead atoms. The summed E-state index contributed by atoms with van der Waals surface area (Å²) >= 11 is 0. The zero-order chi connectivity index (χ0) is 28.0. The van der Waals surface area contributed by atoms with Gasteiger partial charge >= 0.3 is 0 Å². The van der Waals surface area contributed by atoms with Crippen molar-refractivity contribution >= 4 is 26.9 Å². The standard InChI is InChI=1S/C29H35N5O5S/c1-37-17-14-34(15-18-38-2)40(35,36)24-12-10-22(11-13-24)27-25(21-7-4-3-5-8-21)26-28(31-20-32-29(26)33-27)30-19-23-9-6-16-39-23/h3-5,7-8,10-13,20,23H,6,9,14-19H2,1-2H3,(H2,30,31,32,33). The van der Waals surface area contributed by atoms with Crippen LogP contribution in [0.5, 0.6) is 0 Å². The number of sulfonamides is 1. The van der Waals surface area contributed by atoms with E-state index in [1.807, 2.05) is 42.5 Å². The summed E-state index contributed by atoms with van der Waals surface area (Å²) in [6.07, 6.45) is 3.79. The molecule has 0 saturated carbocycles. The fourth-order valence-electron chi connectivity index (χ4n) is 4.96. The number of hydrogen-bond acceptors (Lipinski definition) is 8. The third-order valence-corrected chi connectivity index (χ3v) is 8.96. The van der Waals surface area contributed by atoms with Gasteiger partial charge in [0.2, 0.25) is 10.0 Å². The first-order chi connectivity index (χ1) is 19.5. The number of methoxy groups -OCH3 is 2. The number of fused-ring (bicyclic) bond motifs is 1. The molecule has 212 valence electrons. The summed E-state index contributed by atoms with van der Waals surface area (Å²) in [5.41, 5.74) is 4.31. The van der Waals surface area contributed by atoms with E-state index in [2.05, 4.69) is 20.3 Å². The Kier molecular flexibility index (Phi) is 9.08. The number of aromatic nitrogens is 3. The molecule has 1 atom stereocenters. The zero-order valence-corrected chi connectivity index (χ0v) is 23.6. The first-order valence-electron chi connectivity index (χ1n) is 13.4. The lowest BCUT2D eigenvalue weighted by Gasteiger charge is -2.21. The van der Waals surface area contributed by atoms with E-state index in [0.29, 0.717) is 25.4 Å². The Morgan fingerprint density at radius 1 is 1.00 bits per heavy atom. The molecule has 4 aromatic rings. The van der Waals surface area contributed by atoms with Crippen molar-refractivity contribution in [3.8, 4) is 22.4 Å². The van der Waals surface area contributed by atoms with Crippen LogP contribution in [0.2, 0.25) is 0 Å². The maximum atomic E-state index is 13.4. The number of nitrogens with one attached hydrogen (secondary N) is 2. The average Bonchev–Trinajstić information content (AvgIpc) is 3.65. The largest absolute Gasteiger partial charge is 0.383 e. The van der Waals surface area contributed by atoms with Crippen molar-refractivity contribution < 1.29 is 22.6 Å². The maximum Gasteiger partial charge on any atom is 0.243 e. The molecule has 5 rings (SSSR count). The van der Waals surface area contributed by atoms with E-state index in [-0.39, 0.29) is 24.1 Å². The number of hydrogen-bond donors (Lipinski definition) is 2. The lowest BCUT2D eigenvalue weighted by molar-refractivity contribution is 0.120. The van der Waals surface area contributed by atoms with Gasteiger partial charge in [-0.05, 0) is 36.1 Å². The SMILES string of the molecule is COCCN(CCOC)S(=O)(=O)c1ccc(-c2[nH]c3ncnc(NCC4CCCO4)c3c2-c2ccccc2)cc1. The zero-order valence-electron chi connectivity index (χ0n) is 22.8. The van der Waals surface area contributed by atoms with Gasteiger partial charge in [0.1, 0.15) is 17.8 Å². The van der Waals surface area contributed by atoms with Crippen LogP contribution < -0.4 is 5.32 Å². The van der Waals surface area contributed by atoms with Crippen LogP contribution in [0, 0.1) is 0 Å². The summed E-state index contributed by atoms with van der Waals surface area (Å²) in [4.78, 5) is 12.8. The van der Waals surface area contributed by atoms with Crippen molar-refractivity contribution in [1.82, 2.24) is 19.3 Å². The normalized spacial score (nSPS) is 15.7. The van der Waals surface area contributed by atoms with Crippen molar-refractivity contribution in [2.24, 2.45) is 0 Å². The molecule has 0 aliphatic carbocycles. The Balaban J connectivity index is 1.53. The Bertz CT molecular complexity index is 1500. The molecule has 11 heteroatoms. The van der Waals surface area contributed by atoms with Gasteiger partial charge in [-0.15, -0.1) is 0 Å². The van der Waals surface area contributed by atoms with E-state index in [1.54, 1.807) is 32.7 Å². The fourth-order valence-corrected chi connectivity index (χ4v) is 6.37. The smallest absolute Gasteiger partial charge is 0.243 e. The van der Waals surface area contributed by atoms with Gasteiger partial charge in [0, 0.05) is 46.0 Å². The molecule has 1 saturated heterocycles. The number of anilines is 1. The van der Waals surface area contributed by atoms with E-state index in [4.69, 9.17) is 14.2 Å². The van der Waals surface area contributed by atoms with Gasteiger partial charge in [0.25, 0.3) is 0 Å². The van der Waals surface area contributed by atoms with E-state index >= 15 is 0 Å². The molecular weight excluding hydrogens is 530 g/mol. The first kappa shape index (κ1) is 28.2. The van der Waals surface area contributed by atoms with Gasteiger partial charge in [0.05, 0.1) is 35.3 Å². The summed E-state index contributed by atoms with van der Waals surface area (Å²) in [5.74, 6) is 0.730. The highest BCUT2D eigenvalue weighted by atomic mass is 32.2. The second-order valence-corrected chi connectivity index (χ2v) is 11.6. The molecule has 2 N–H and O–H groups in total. The quantitative estimate of drug-likeness (QED) is 0.248. The number of aromatic amines is 1. The predicted molar refractivity (Wildman–Crippen MR) is 155 cm³/mol. The highest BCUT2D eigenvalue weighted by Gasteiger charge is 2.25. The van der Waals surface area contributed by atoms with Crippen LogP contribution in [0.1, 0.15) is 12.8 Å². The third kappa shape index (κ3) is 6.03. The number of ether oxygens (including phenoxy) is 3. The van der Waals surface area contributed by atoms with Gasteiger partial charge < -0.3 is 24.5 Å². The van der Waals surface area contributed by atoms with E-state index in [0.717, 1.165) is 53.0 Å². The molecule has 1 unspecified atom stereocenters. The Morgan fingerprint density at radius 3 is 2.38 bits per heavy atom. The third-order valence-electron chi connectivity index (χ3n) is 7.04. The number of benzene rings is 2. The van der Waals surface area contributed by atoms with Crippen LogP contribution in [-0.4, -0.2) is 87.5 Å². The second kappa shape index (κ2) is 12.9. The number of H-pyrrole nitrogens is 1. The molecule has 2 aromatic carbocycles. The Morgan fingerprint density at radius 2 is 1.73 bits per heavy atom. The number of nitrogens with zero attached hydrogens (tertiary/aromatic N) is 3. The Hall–Kier alpha value is -3.35. The van der Waals surface area contributed by atoms with Crippen LogP contribution in [0.3, 0.4) is 0 Å². The monoisotopic (exact) mass is 565 g/mol.